The number of ether oxygens (including phenoxy) is 3. The number of carbonyl (C=O) groups excluding carboxylic acids is 1. The van der Waals surface area contributed by atoms with Crippen molar-refractivity contribution < 1.29 is 19.0 Å². The lowest BCUT2D eigenvalue weighted by Crippen LogP contribution is -2.34. The highest BCUT2D eigenvalue weighted by Crippen LogP contribution is 2.26. The molecule has 3 aromatic rings. The zero-order valence-corrected chi connectivity index (χ0v) is 20.6. The third-order valence-electron chi connectivity index (χ3n) is 4.56. The molecule has 0 aliphatic carbocycles. The average molecular weight is 529 g/mol. The van der Waals surface area contributed by atoms with Crippen LogP contribution in [0, 0.1) is 0 Å². The number of hydrogen-bond donors (Lipinski definition) is 2. The van der Waals surface area contributed by atoms with Gasteiger partial charge < -0.3 is 19.5 Å². The third-order valence-corrected chi connectivity index (χ3v) is 5.38. The van der Waals surface area contributed by atoms with Gasteiger partial charge in [-0.3, -0.25) is 10.1 Å². The first kappa shape index (κ1) is 24.7. The summed E-state index contributed by atoms with van der Waals surface area (Å²) in [6.45, 7) is 1.46. The summed E-state index contributed by atoms with van der Waals surface area (Å²) < 4.78 is 17.1. The fourth-order valence-corrected chi connectivity index (χ4v) is 3.63. The van der Waals surface area contributed by atoms with Gasteiger partial charge in [0, 0.05) is 30.8 Å². The van der Waals surface area contributed by atoms with E-state index in [1.54, 1.807) is 25.3 Å². The van der Waals surface area contributed by atoms with E-state index in [4.69, 9.17) is 26.4 Å². The molecule has 172 valence electrons. The zero-order chi connectivity index (χ0) is 23.5. The highest BCUT2D eigenvalue weighted by atomic mass is 79.9. The molecule has 0 spiro atoms. The van der Waals surface area contributed by atoms with E-state index >= 15 is 0 Å². The Morgan fingerprint density at radius 2 is 1.76 bits per heavy atom. The van der Waals surface area contributed by atoms with Crippen molar-refractivity contribution in [3.63, 3.8) is 0 Å². The molecule has 0 aliphatic rings. The number of benzene rings is 3. The molecular weight excluding hydrogens is 504 g/mol. The number of hydrogen-bond acceptors (Lipinski definition) is 5. The van der Waals surface area contributed by atoms with Gasteiger partial charge in [0.1, 0.15) is 18.1 Å². The van der Waals surface area contributed by atoms with Gasteiger partial charge in [-0.1, -0.05) is 36.4 Å². The van der Waals surface area contributed by atoms with Crippen molar-refractivity contribution in [3.05, 3.63) is 88.4 Å². The molecule has 0 aliphatic heterocycles. The van der Waals surface area contributed by atoms with Crippen LogP contribution in [0.15, 0.2) is 77.3 Å². The molecule has 0 bridgehead atoms. The van der Waals surface area contributed by atoms with Crippen LogP contribution in [-0.4, -0.2) is 38.0 Å². The van der Waals surface area contributed by atoms with E-state index in [-0.39, 0.29) is 11.0 Å². The van der Waals surface area contributed by atoms with Crippen LogP contribution in [0.5, 0.6) is 11.5 Å². The summed E-state index contributed by atoms with van der Waals surface area (Å²) in [7, 11) is 1.61. The summed E-state index contributed by atoms with van der Waals surface area (Å²) in [5.74, 6) is 1.03. The Hall–Kier alpha value is -2.94. The Balaban J connectivity index is 1.50. The predicted octanol–water partition coefficient (Wildman–Crippen LogP) is 5.22. The van der Waals surface area contributed by atoms with E-state index in [0.717, 1.165) is 17.9 Å². The average Bonchev–Trinajstić information content (AvgIpc) is 2.81. The Labute approximate surface area is 207 Å². The van der Waals surface area contributed by atoms with Crippen molar-refractivity contribution in [3.8, 4) is 11.5 Å². The smallest absolute Gasteiger partial charge is 0.257 e. The van der Waals surface area contributed by atoms with Crippen molar-refractivity contribution in [1.29, 1.82) is 0 Å². The van der Waals surface area contributed by atoms with Gasteiger partial charge in [-0.05, 0) is 64.0 Å². The van der Waals surface area contributed by atoms with Crippen LogP contribution in [0.1, 0.15) is 15.9 Å². The summed E-state index contributed by atoms with van der Waals surface area (Å²) >= 11 is 8.72. The van der Waals surface area contributed by atoms with E-state index < -0.39 is 0 Å². The topological polar surface area (TPSA) is 68.8 Å². The Morgan fingerprint density at radius 3 is 2.52 bits per heavy atom. The second-order valence-electron chi connectivity index (χ2n) is 7.01. The molecule has 0 fully saturated rings. The summed E-state index contributed by atoms with van der Waals surface area (Å²) in [6, 6.07) is 22.7. The van der Waals surface area contributed by atoms with E-state index in [9.17, 15) is 4.79 Å². The van der Waals surface area contributed by atoms with E-state index in [1.807, 2.05) is 42.5 Å². The summed E-state index contributed by atoms with van der Waals surface area (Å²) in [6.07, 6.45) is 0.818. The number of methoxy groups -OCH3 is 1. The Kier molecular flexibility index (Phi) is 9.68. The fourth-order valence-electron chi connectivity index (χ4n) is 2.93. The minimum atomic E-state index is -0.327. The number of anilines is 1. The minimum absolute atomic E-state index is 0.193. The van der Waals surface area contributed by atoms with Gasteiger partial charge in [-0.2, -0.15) is 0 Å². The first-order valence-corrected chi connectivity index (χ1v) is 11.6. The molecule has 0 heterocycles. The Bertz CT molecular complexity index is 1080. The predicted molar refractivity (Wildman–Crippen MR) is 137 cm³/mol. The molecule has 6 nitrogen and oxygen atoms in total. The maximum absolute atomic E-state index is 12.6. The number of amides is 1. The van der Waals surface area contributed by atoms with Crippen molar-refractivity contribution in [2.45, 2.75) is 6.42 Å². The third kappa shape index (κ3) is 8.16. The van der Waals surface area contributed by atoms with Crippen LogP contribution in [0.2, 0.25) is 0 Å². The molecule has 33 heavy (non-hydrogen) atoms. The number of rotatable bonds is 10. The van der Waals surface area contributed by atoms with Gasteiger partial charge in [0.25, 0.3) is 5.91 Å². The van der Waals surface area contributed by atoms with Crippen molar-refractivity contribution in [2.24, 2.45) is 0 Å². The lowest BCUT2D eigenvalue weighted by Gasteiger charge is -2.12. The van der Waals surface area contributed by atoms with Gasteiger partial charge in [0.05, 0.1) is 17.7 Å². The van der Waals surface area contributed by atoms with Crippen LogP contribution >= 0.6 is 28.1 Å². The monoisotopic (exact) mass is 528 g/mol. The van der Waals surface area contributed by atoms with Gasteiger partial charge in [0.15, 0.2) is 5.11 Å². The number of halogens is 1. The normalized spacial score (nSPS) is 10.4. The van der Waals surface area contributed by atoms with Gasteiger partial charge in [-0.15, -0.1) is 0 Å². The Morgan fingerprint density at radius 1 is 0.939 bits per heavy atom. The highest BCUT2D eigenvalue weighted by Gasteiger charge is 2.11. The first-order valence-electron chi connectivity index (χ1n) is 10.4. The van der Waals surface area contributed by atoms with E-state index in [2.05, 4.69) is 38.7 Å². The SMILES string of the molecule is COCCOc1ccc(C(=O)NC(=S)Nc2cccc(OCCc3ccccc3)c2)cc1Br. The summed E-state index contributed by atoms with van der Waals surface area (Å²) in [5, 5.41) is 5.90. The second-order valence-corrected chi connectivity index (χ2v) is 8.27. The molecule has 3 rings (SSSR count). The molecular formula is C25H25BrN2O4S. The molecule has 0 saturated carbocycles. The van der Waals surface area contributed by atoms with Crippen LogP contribution in [-0.2, 0) is 11.2 Å². The second kappa shape index (κ2) is 12.9. The lowest BCUT2D eigenvalue weighted by atomic mass is 10.2. The van der Waals surface area contributed by atoms with E-state index in [0.29, 0.717) is 35.6 Å². The van der Waals surface area contributed by atoms with Crippen molar-refractivity contribution in [2.75, 3.05) is 32.2 Å². The lowest BCUT2D eigenvalue weighted by molar-refractivity contribution is 0.0977. The molecule has 0 unspecified atom stereocenters. The maximum Gasteiger partial charge on any atom is 0.257 e. The van der Waals surface area contributed by atoms with Crippen LogP contribution in [0.25, 0.3) is 0 Å². The van der Waals surface area contributed by atoms with Gasteiger partial charge in [-0.25, -0.2) is 0 Å². The fraction of sp³-hybridized carbons (Fsp3) is 0.200. The molecule has 8 heteroatoms. The quantitative estimate of drug-likeness (QED) is 0.277. The molecule has 0 aromatic heterocycles. The van der Waals surface area contributed by atoms with Crippen LogP contribution in [0.3, 0.4) is 0 Å². The van der Waals surface area contributed by atoms with Crippen LogP contribution in [0.4, 0.5) is 5.69 Å². The molecule has 0 radical (unpaired) electrons. The first-order chi connectivity index (χ1) is 16.0. The molecule has 2 N–H and O–H groups in total. The van der Waals surface area contributed by atoms with E-state index in [1.165, 1.54) is 5.56 Å². The minimum Gasteiger partial charge on any atom is -0.493 e. The molecule has 3 aromatic carbocycles. The van der Waals surface area contributed by atoms with Crippen molar-refractivity contribution in [1.82, 2.24) is 5.32 Å². The van der Waals surface area contributed by atoms with Crippen LogP contribution < -0.4 is 20.1 Å². The number of thiocarbonyl (C=S) groups is 1. The molecule has 1 amide bonds. The zero-order valence-electron chi connectivity index (χ0n) is 18.2. The summed E-state index contributed by atoms with van der Waals surface area (Å²) in [4.78, 5) is 12.6. The van der Waals surface area contributed by atoms with Gasteiger partial charge >= 0.3 is 0 Å². The molecule has 0 atom stereocenters. The maximum atomic E-state index is 12.6. The standard InChI is InChI=1S/C25H25BrN2O4S/c1-30-14-15-32-23-11-10-19(16-22(23)26)24(29)28-25(33)27-20-8-5-9-21(17-20)31-13-12-18-6-3-2-4-7-18/h2-11,16-17H,12-15H2,1H3,(H2,27,28,29,33). The number of carbonyl (C=O) groups is 1. The largest absolute Gasteiger partial charge is 0.493 e. The summed E-state index contributed by atoms with van der Waals surface area (Å²) in [5.41, 5.74) is 2.39. The van der Waals surface area contributed by atoms with Crippen molar-refractivity contribution >= 4 is 44.9 Å². The highest BCUT2D eigenvalue weighted by molar-refractivity contribution is 9.10. The number of nitrogens with one attached hydrogen (secondary N) is 2. The van der Waals surface area contributed by atoms with Gasteiger partial charge in [0.2, 0.25) is 0 Å². The molecule has 0 saturated heterocycles.